The molecule has 0 bridgehead atoms. The van der Waals surface area contributed by atoms with Crippen LogP contribution in [0.2, 0.25) is 0 Å². The van der Waals surface area contributed by atoms with Crippen LogP contribution in [0.4, 0.5) is 19.0 Å². The Morgan fingerprint density at radius 2 is 1.88 bits per heavy atom. The summed E-state index contributed by atoms with van der Waals surface area (Å²) in [5.41, 5.74) is 0.354. The zero-order chi connectivity index (χ0) is 29.6. The van der Waals surface area contributed by atoms with E-state index in [9.17, 15) is 22.2 Å². The molecule has 15 heteroatoms. The standard InChI is InChI=1S/C27H27F3N8O3S/c1-3-42(40)17-9-8-16(31-11-17)10-32-23-26(39)38(21(15-6-7-15)27(28,29)30)24-18(36-23)12-33-22(37-24)19-20(14-4-5-14)34-13-35-25(19)41-2/h8-9,11-15,21H,3-7,10H2,1-2H3,(H,32,36). The average Bonchev–Trinajstić information content (AvgIpc) is 3.91. The van der Waals surface area contributed by atoms with Crippen LogP contribution in [0.3, 0.4) is 0 Å². The van der Waals surface area contributed by atoms with Gasteiger partial charge in [-0.25, -0.2) is 24.9 Å². The van der Waals surface area contributed by atoms with E-state index in [2.05, 4.69) is 35.2 Å². The van der Waals surface area contributed by atoms with Gasteiger partial charge in [-0.2, -0.15) is 13.2 Å². The van der Waals surface area contributed by atoms with Crippen LogP contribution in [0.1, 0.15) is 56.0 Å². The monoisotopic (exact) mass is 600 g/mol. The first-order chi connectivity index (χ1) is 20.2. The van der Waals surface area contributed by atoms with Gasteiger partial charge in [-0.05, 0) is 43.7 Å². The van der Waals surface area contributed by atoms with Crippen LogP contribution in [0.15, 0.2) is 40.5 Å². The third-order valence-electron chi connectivity index (χ3n) is 7.30. The first-order valence-corrected chi connectivity index (χ1v) is 14.8. The first kappa shape index (κ1) is 28.1. The number of halogens is 3. The lowest BCUT2D eigenvalue weighted by Gasteiger charge is -2.24. The Hall–Kier alpha value is -4.01. The normalized spacial score (nSPS) is 16.8. The highest BCUT2D eigenvalue weighted by Gasteiger charge is 2.51. The summed E-state index contributed by atoms with van der Waals surface area (Å²) in [6.45, 7) is 1.80. The number of pyridine rings is 1. The summed E-state index contributed by atoms with van der Waals surface area (Å²) in [7, 11) is 0.251. The summed E-state index contributed by atoms with van der Waals surface area (Å²) < 4.78 is 61.7. The van der Waals surface area contributed by atoms with E-state index in [1.54, 1.807) is 19.1 Å². The molecule has 0 amide bonds. The molecule has 2 fully saturated rings. The minimum Gasteiger partial charge on any atom is -0.480 e. The molecule has 2 atom stereocenters. The number of aromatic nitrogens is 7. The number of fused-ring (bicyclic) bond motifs is 1. The van der Waals surface area contributed by atoms with Gasteiger partial charge in [-0.15, -0.1) is 0 Å². The molecule has 2 aliphatic carbocycles. The number of rotatable bonds is 10. The van der Waals surface area contributed by atoms with Gasteiger partial charge in [-0.1, -0.05) is 6.92 Å². The molecule has 42 heavy (non-hydrogen) atoms. The van der Waals surface area contributed by atoms with Crippen LogP contribution in [0.25, 0.3) is 22.6 Å². The van der Waals surface area contributed by atoms with Gasteiger partial charge in [0, 0.05) is 17.9 Å². The molecule has 0 aliphatic heterocycles. The van der Waals surface area contributed by atoms with Crippen LogP contribution in [-0.4, -0.2) is 57.7 Å². The number of methoxy groups -OCH3 is 1. The second kappa shape index (κ2) is 11.0. The minimum atomic E-state index is -4.71. The summed E-state index contributed by atoms with van der Waals surface area (Å²) in [6.07, 6.45) is 1.90. The maximum Gasteiger partial charge on any atom is 0.409 e. The van der Waals surface area contributed by atoms with Gasteiger partial charge in [0.05, 0.1) is 46.9 Å². The van der Waals surface area contributed by atoms with Gasteiger partial charge >= 0.3 is 6.18 Å². The quantitative estimate of drug-likeness (QED) is 0.282. The van der Waals surface area contributed by atoms with Crippen LogP contribution >= 0.6 is 0 Å². The fourth-order valence-electron chi connectivity index (χ4n) is 4.94. The lowest BCUT2D eigenvalue weighted by molar-refractivity contribution is -0.173. The second-order valence-electron chi connectivity index (χ2n) is 10.3. The Morgan fingerprint density at radius 3 is 2.50 bits per heavy atom. The summed E-state index contributed by atoms with van der Waals surface area (Å²) >= 11 is 0. The number of ether oxygens (including phenoxy) is 1. The predicted octanol–water partition coefficient (Wildman–Crippen LogP) is 4.18. The zero-order valence-corrected chi connectivity index (χ0v) is 23.6. The Morgan fingerprint density at radius 1 is 1.10 bits per heavy atom. The van der Waals surface area contributed by atoms with E-state index in [0.29, 0.717) is 45.0 Å². The van der Waals surface area contributed by atoms with Crippen molar-refractivity contribution in [1.29, 1.82) is 0 Å². The molecule has 1 N–H and O–H groups in total. The molecule has 220 valence electrons. The Bertz CT molecular complexity index is 1720. The van der Waals surface area contributed by atoms with Crippen molar-refractivity contribution < 1.29 is 22.1 Å². The number of anilines is 1. The zero-order valence-electron chi connectivity index (χ0n) is 22.8. The highest BCUT2D eigenvalue weighted by molar-refractivity contribution is 7.85. The summed E-state index contributed by atoms with van der Waals surface area (Å²) in [6, 6.07) is 1.22. The third kappa shape index (κ3) is 5.44. The largest absolute Gasteiger partial charge is 0.480 e. The van der Waals surface area contributed by atoms with Crippen molar-refractivity contribution in [3.63, 3.8) is 0 Å². The molecule has 2 aliphatic rings. The molecule has 0 aromatic carbocycles. The van der Waals surface area contributed by atoms with Gasteiger partial charge in [0.2, 0.25) is 5.88 Å². The lowest BCUT2D eigenvalue weighted by Crippen LogP contribution is -2.38. The first-order valence-electron chi connectivity index (χ1n) is 13.5. The van der Waals surface area contributed by atoms with E-state index in [1.165, 1.54) is 25.8 Å². The number of alkyl halides is 3. The van der Waals surface area contributed by atoms with E-state index in [0.717, 1.165) is 12.8 Å². The fraction of sp³-hybridized carbons (Fsp3) is 0.444. The van der Waals surface area contributed by atoms with Crippen LogP contribution in [0, 0.1) is 5.92 Å². The Kier molecular flexibility index (Phi) is 7.37. The highest BCUT2D eigenvalue weighted by atomic mass is 32.2. The summed E-state index contributed by atoms with van der Waals surface area (Å²) in [5.74, 6) is -0.204. The van der Waals surface area contributed by atoms with Crippen molar-refractivity contribution in [3.8, 4) is 17.3 Å². The molecular weight excluding hydrogens is 573 g/mol. The van der Waals surface area contributed by atoms with Gasteiger partial charge in [0.25, 0.3) is 5.56 Å². The molecule has 2 saturated carbocycles. The van der Waals surface area contributed by atoms with E-state index in [4.69, 9.17) is 4.74 Å². The molecule has 2 unspecified atom stereocenters. The van der Waals surface area contributed by atoms with E-state index >= 15 is 0 Å². The topological polar surface area (TPSA) is 138 Å². The lowest BCUT2D eigenvalue weighted by atomic mass is 10.1. The van der Waals surface area contributed by atoms with Crippen molar-refractivity contribution >= 4 is 27.8 Å². The molecule has 0 saturated heterocycles. The van der Waals surface area contributed by atoms with Crippen molar-refractivity contribution in [2.45, 2.75) is 62.2 Å². The van der Waals surface area contributed by atoms with Crippen LogP contribution in [-0.2, 0) is 17.3 Å². The Balaban J connectivity index is 1.46. The average molecular weight is 601 g/mol. The number of nitrogens with one attached hydrogen (secondary N) is 1. The van der Waals surface area contributed by atoms with Gasteiger partial charge in [0.15, 0.2) is 17.3 Å². The van der Waals surface area contributed by atoms with Gasteiger partial charge in [0.1, 0.15) is 23.4 Å². The van der Waals surface area contributed by atoms with Crippen LogP contribution < -0.4 is 15.6 Å². The summed E-state index contributed by atoms with van der Waals surface area (Å²) in [4.78, 5) is 40.3. The SMILES string of the molecule is CCS(=O)c1ccc(CNc2nc3cnc(-c4c(OC)ncnc4C4CC4)nc3n(C(C3CC3)C(F)(F)F)c2=O)nc1. The number of hydrogen-bond donors (Lipinski definition) is 1. The maximum absolute atomic E-state index is 14.5. The van der Waals surface area contributed by atoms with E-state index in [1.807, 2.05) is 0 Å². The van der Waals surface area contributed by atoms with Gasteiger partial charge < -0.3 is 10.1 Å². The molecular formula is C27H27F3N8O3S. The smallest absolute Gasteiger partial charge is 0.409 e. The van der Waals surface area contributed by atoms with Crippen molar-refractivity contribution in [3.05, 3.63) is 52.6 Å². The maximum atomic E-state index is 14.5. The molecule has 4 aromatic heterocycles. The van der Waals surface area contributed by atoms with E-state index in [-0.39, 0.29) is 41.1 Å². The molecule has 4 aromatic rings. The summed E-state index contributed by atoms with van der Waals surface area (Å²) in [5, 5.41) is 2.84. The highest BCUT2D eigenvalue weighted by Crippen LogP contribution is 2.49. The van der Waals surface area contributed by atoms with Crippen molar-refractivity contribution in [2.75, 3.05) is 18.2 Å². The van der Waals surface area contributed by atoms with Crippen molar-refractivity contribution in [1.82, 2.24) is 34.5 Å². The molecule has 0 radical (unpaired) electrons. The number of hydrogen-bond acceptors (Lipinski definition) is 10. The molecule has 11 nitrogen and oxygen atoms in total. The van der Waals surface area contributed by atoms with E-state index < -0.39 is 34.5 Å². The predicted molar refractivity (Wildman–Crippen MR) is 147 cm³/mol. The molecule has 6 rings (SSSR count). The second-order valence-corrected chi connectivity index (χ2v) is 12.0. The van der Waals surface area contributed by atoms with Crippen molar-refractivity contribution in [2.24, 2.45) is 5.92 Å². The van der Waals surface area contributed by atoms with Crippen LogP contribution in [0.5, 0.6) is 5.88 Å². The number of nitrogens with zero attached hydrogens (tertiary/aromatic N) is 7. The minimum absolute atomic E-state index is 0.00907. The third-order valence-corrected chi connectivity index (χ3v) is 8.59. The Labute approximate surface area is 240 Å². The molecule has 0 spiro atoms. The molecule has 4 heterocycles. The van der Waals surface area contributed by atoms with Gasteiger partial charge in [-0.3, -0.25) is 18.6 Å². The fourth-order valence-corrected chi connectivity index (χ4v) is 5.66.